The van der Waals surface area contributed by atoms with E-state index < -0.39 is 5.41 Å². The molecule has 1 fully saturated rings. The number of aliphatic hydroxyl groups is 1. The quantitative estimate of drug-likeness (QED) is 0.739. The van der Waals surface area contributed by atoms with Crippen LogP contribution in [-0.4, -0.2) is 43.2 Å². The minimum atomic E-state index is -0.817. The monoisotopic (exact) mass is 380 g/mol. The first-order chi connectivity index (χ1) is 13.5. The smallest absolute Gasteiger partial charge is 0.254 e. The predicted octanol–water partition coefficient (Wildman–Crippen LogP) is 1.86. The summed E-state index contributed by atoms with van der Waals surface area (Å²) in [4.78, 5) is 25.3. The van der Waals surface area contributed by atoms with E-state index in [-0.39, 0.29) is 31.1 Å². The van der Waals surface area contributed by atoms with Crippen molar-refractivity contribution in [3.63, 3.8) is 0 Å². The van der Waals surface area contributed by atoms with Gasteiger partial charge in [-0.3, -0.25) is 9.59 Å². The van der Waals surface area contributed by atoms with Crippen molar-refractivity contribution >= 4 is 11.8 Å². The minimum Gasteiger partial charge on any atom is -0.491 e. The van der Waals surface area contributed by atoms with Gasteiger partial charge in [-0.2, -0.15) is 0 Å². The Morgan fingerprint density at radius 2 is 1.93 bits per heavy atom. The average Bonchev–Trinajstić information content (AvgIpc) is 3.28. The van der Waals surface area contributed by atoms with E-state index in [0.29, 0.717) is 28.4 Å². The van der Waals surface area contributed by atoms with Crippen LogP contribution in [0.3, 0.4) is 0 Å². The largest absolute Gasteiger partial charge is 0.491 e. The lowest BCUT2D eigenvalue weighted by Crippen LogP contribution is -2.34. The van der Waals surface area contributed by atoms with Gasteiger partial charge in [0.1, 0.15) is 12.4 Å². The summed E-state index contributed by atoms with van der Waals surface area (Å²) < 4.78 is 5.91. The number of benzene rings is 2. The highest BCUT2D eigenvalue weighted by molar-refractivity contribution is 6.02. The van der Waals surface area contributed by atoms with Crippen LogP contribution in [0.2, 0.25) is 0 Å². The first-order valence-electron chi connectivity index (χ1n) is 9.51. The number of ether oxygens (including phenoxy) is 1. The Bertz CT molecular complexity index is 928. The van der Waals surface area contributed by atoms with Gasteiger partial charge in [0.15, 0.2) is 0 Å². The van der Waals surface area contributed by atoms with Crippen LogP contribution in [0.4, 0.5) is 0 Å². The van der Waals surface area contributed by atoms with Crippen molar-refractivity contribution in [1.82, 2.24) is 10.6 Å². The van der Waals surface area contributed by atoms with E-state index in [0.717, 1.165) is 12.0 Å². The molecule has 6 heteroatoms. The van der Waals surface area contributed by atoms with Crippen LogP contribution in [0, 0.1) is 5.92 Å². The molecule has 2 aliphatic rings. The van der Waals surface area contributed by atoms with Crippen molar-refractivity contribution in [3.05, 3.63) is 64.7 Å². The van der Waals surface area contributed by atoms with E-state index >= 15 is 0 Å². The Labute approximate surface area is 163 Å². The number of hydrogen-bond donors (Lipinski definition) is 3. The summed E-state index contributed by atoms with van der Waals surface area (Å²) in [6.45, 7) is 2.10. The van der Waals surface area contributed by atoms with Gasteiger partial charge in [-0.1, -0.05) is 37.3 Å². The summed E-state index contributed by atoms with van der Waals surface area (Å²) in [7, 11) is 1.54. The predicted molar refractivity (Wildman–Crippen MR) is 105 cm³/mol. The van der Waals surface area contributed by atoms with Crippen molar-refractivity contribution in [2.24, 2.45) is 5.92 Å². The molecule has 146 valence electrons. The van der Waals surface area contributed by atoms with Gasteiger partial charge in [-0.05, 0) is 30.0 Å². The van der Waals surface area contributed by atoms with Crippen molar-refractivity contribution in [1.29, 1.82) is 0 Å². The third kappa shape index (κ3) is 2.94. The van der Waals surface area contributed by atoms with Gasteiger partial charge in [0.2, 0.25) is 0 Å². The lowest BCUT2D eigenvalue weighted by atomic mass is 9.76. The Hall–Kier alpha value is -2.86. The van der Waals surface area contributed by atoms with E-state index in [4.69, 9.17) is 4.74 Å². The Morgan fingerprint density at radius 1 is 1.21 bits per heavy atom. The minimum absolute atomic E-state index is 0.178. The van der Waals surface area contributed by atoms with Crippen LogP contribution >= 0.6 is 0 Å². The number of rotatable bonds is 5. The molecule has 0 radical (unpaired) electrons. The fourth-order valence-electron chi connectivity index (χ4n) is 3.84. The molecule has 1 aliphatic carbocycles. The van der Waals surface area contributed by atoms with Gasteiger partial charge in [-0.25, -0.2) is 0 Å². The zero-order chi connectivity index (χ0) is 19.9. The molecule has 1 heterocycles. The summed E-state index contributed by atoms with van der Waals surface area (Å²) in [6.07, 6.45) is 0.965. The molecule has 3 atom stereocenters. The second-order valence-electron chi connectivity index (χ2n) is 7.67. The third-order valence-corrected chi connectivity index (χ3v) is 5.82. The Balaban J connectivity index is 1.84. The van der Waals surface area contributed by atoms with Crippen LogP contribution in [0.15, 0.2) is 42.5 Å². The standard InChI is InChI=1S/C22H24N2O4/c1-13-8-18(13)24-20(26)14-9-16(21(27)23-2)19-17(10-14)22(11-25,12-28-19)15-6-4-3-5-7-15/h3-7,9-10,13,18,25H,8,11-12H2,1-2H3,(H,23,27)(H,24,26)/t13-,18-,22+/m0/s1. The van der Waals surface area contributed by atoms with Crippen molar-refractivity contribution in [2.75, 3.05) is 20.3 Å². The zero-order valence-corrected chi connectivity index (χ0v) is 16.0. The molecule has 0 aromatic heterocycles. The SMILES string of the molecule is CNC(=O)c1cc(C(=O)N[C@H]2C[C@@H]2C)cc2c1OC[C@]2(CO)c1ccccc1. The van der Waals surface area contributed by atoms with Gasteiger partial charge in [0.25, 0.3) is 11.8 Å². The van der Waals surface area contributed by atoms with Crippen LogP contribution < -0.4 is 15.4 Å². The lowest BCUT2D eigenvalue weighted by molar-refractivity contribution is 0.0949. The molecule has 1 aliphatic heterocycles. The maximum atomic E-state index is 12.8. The normalized spacial score (nSPS) is 24.8. The Morgan fingerprint density at radius 3 is 2.54 bits per heavy atom. The lowest BCUT2D eigenvalue weighted by Gasteiger charge is -2.26. The van der Waals surface area contributed by atoms with Gasteiger partial charge in [0.05, 0.1) is 17.6 Å². The van der Waals surface area contributed by atoms with Crippen molar-refractivity contribution in [2.45, 2.75) is 24.8 Å². The number of aliphatic hydroxyl groups excluding tert-OH is 1. The number of carbonyl (C=O) groups excluding carboxylic acids is 2. The molecule has 0 saturated heterocycles. The average molecular weight is 380 g/mol. The topological polar surface area (TPSA) is 87.7 Å². The summed E-state index contributed by atoms with van der Waals surface area (Å²) in [5.41, 5.74) is 1.43. The van der Waals surface area contributed by atoms with E-state index in [1.165, 1.54) is 0 Å². The van der Waals surface area contributed by atoms with Crippen molar-refractivity contribution in [3.8, 4) is 5.75 Å². The highest BCUT2D eigenvalue weighted by Gasteiger charge is 2.44. The molecule has 3 N–H and O–H groups in total. The highest BCUT2D eigenvalue weighted by atomic mass is 16.5. The molecule has 28 heavy (non-hydrogen) atoms. The number of amides is 2. The Kier molecular flexibility index (Phi) is 4.59. The highest BCUT2D eigenvalue weighted by Crippen LogP contribution is 2.45. The van der Waals surface area contributed by atoms with Crippen LogP contribution in [0.1, 0.15) is 45.2 Å². The van der Waals surface area contributed by atoms with E-state index in [1.807, 2.05) is 30.3 Å². The first kappa shape index (κ1) is 18.5. The summed E-state index contributed by atoms with van der Waals surface area (Å²) in [6, 6.07) is 13.0. The van der Waals surface area contributed by atoms with E-state index in [1.54, 1.807) is 19.2 Å². The van der Waals surface area contributed by atoms with Gasteiger partial charge >= 0.3 is 0 Å². The molecule has 1 saturated carbocycles. The number of hydrogen-bond acceptors (Lipinski definition) is 4. The number of carbonyl (C=O) groups is 2. The second kappa shape index (κ2) is 6.95. The molecule has 2 amide bonds. The van der Waals surface area contributed by atoms with Crippen molar-refractivity contribution < 1.29 is 19.4 Å². The molecule has 2 aromatic carbocycles. The maximum Gasteiger partial charge on any atom is 0.254 e. The molecule has 0 bridgehead atoms. The third-order valence-electron chi connectivity index (χ3n) is 5.82. The molecular formula is C22H24N2O4. The zero-order valence-electron chi connectivity index (χ0n) is 16.0. The molecule has 0 unspecified atom stereocenters. The number of fused-ring (bicyclic) bond motifs is 1. The van der Waals surface area contributed by atoms with Gasteiger partial charge in [0, 0.05) is 24.2 Å². The second-order valence-corrected chi connectivity index (χ2v) is 7.67. The molecular weight excluding hydrogens is 356 g/mol. The fourth-order valence-corrected chi connectivity index (χ4v) is 3.84. The van der Waals surface area contributed by atoms with Gasteiger partial charge in [-0.15, -0.1) is 0 Å². The molecule has 6 nitrogen and oxygen atoms in total. The van der Waals surface area contributed by atoms with Crippen LogP contribution in [0.25, 0.3) is 0 Å². The van der Waals surface area contributed by atoms with Gasteiger partial charge < -0.3 is 20.5 Å². The summed E-state index contributed by atoms with van der Waals surface area (Å²) in [5.74, 6) is 0.358. The van der Waals surface area contributed by atoms with E-state index in [9.17, 15) is 14.7 Å². The maximum absolute atomic E-state index is 12.8. The summed E-state index contributed by atoms with van der Waals surface area (Å²) in [5, 5.41) is 16.0. The van der Waals surface area contributed by atoms with Crippen LogP contribution in [0.5, 0.6) is 5.75 Å². The summed E-state index contributed by atoms with van der Waals surface area (Å²) >= 11 is 0. The molecule has 2 aromatic rings. The first-order valence-corrected chi connectivity index (χ1v) is 9.51. The number of nitrogens with one attached hydrogen (secondary N) is 2. The molecule has 0 spiro atoms. The van der Waals surface area contributed by atoms with Crippen LogP contribution in [-0.2, 0) is 5.41 Å². The fraction of sp³-hybridized carbons (Fsp3) is 0.364. The molecule has 4 rings (SSSR count). The van der Waals surface area contributed by atoms with E-state index in [2.05, 4.69) is 17.6 Å².